The van der Waals surface area contributed by atoms with Crippen LogP contribution >= 0.6 is 11.8 Å². The van der Waals surface area contributed by atoms with Gasteiger partial charge in [0.25, 0.3) is 0 Å². The first-order chi connectivity index (χ1) is 1.91. The van der Waals surface area contributed by atoms with E-state index in [0.29, 0.717) is 0 Å². The Morgan fingerprint density at radius 2 is 2.25 bits per heavy atom. The second-order valence-electron chi connectivity index (χ2n) is 0.455. The number of rotatable bonds is 1. The summed E-state index contributed by atoms with van der Waals surface area (Å²) in [5.74, 6) is 0. The molecule has 0 aromatic heterocycles. The van der Waals surface area contributed by atoms with Crippen molar-refractivity contribution in [1.29, 1.82) is 0 Å². The van der Waals surface area contributed by atoms with Crippen LogP contribution in [0.15, 0.2) is 0 Å². The van der Waals surface area contributed by atoms with Crippen molar-refractivity contribution >= 4 is 26.0 Å². The molecule has 0 aliphatic rings. The minimum absolute atomic E-state index is 1.01. The van der Waals surface area contributed by atoms with Gasteiger partial charge in [-0.25, -0.2) is 0 Å². The Morgan fingerprint density at radius 3 is 2.25 bits per heavy atom. The summed E-state index contributed by atoms with van der Waals surface area (Å²) in [4.78, 5) is 0. The van der Waals surface area contributed by atoms with Crippen LogP contribution in [0.4, 0.5) is 0 Å². The van der Waals surface area contributed by atoms with Gasteiger partial charge in [-0.3, -0.25) is 5.14 Å². The van der Waals surface area contributed by atoms with Gasteiger partial charge in [-0.2, -0.15) is 11.8 Å². The third-order valence-electron chi connectivity index (χ3n) is 0.167. The molecule has 4 heteroatoms. The van der Waals surface area contributed by atoms with Gasteiger partial charge >= 0.3 is 0 Å². The standard InChI is InChI=1S/B2H5NS/c1-2-4-3/h2H,1,3H2. The van der Waals surface area contributed by atoms with E-state index in [4.69, 9.17) is 5.14 Å². The summed E-state index contributed by atoms with van der Waals surface area (Å²) in [7, 11) is 2.02. The van der Waals surface area contributed by atoms with Crippen LogP contribution in [-0.4, -0.2) is 14.2 Å². The lowest BCUT2D eigenvalue weighted by Crippen LogP contribution is -1.84. The van der Waals surface area contributed by atoms with Crippen LogP contribution in [0.2, 0.25) is 0 Å². The maximum Gasteiger partial charge on any atom is 0.171 e. The lowest BCUT2D eigenvalue weighted by Gasteiger charge is -1.67. The van der Waals surface area contributed by atoms with Crippen molar-refractivity contribution in [1.82, 2.24) is 0 Å². The second kappa shape index (κ2) is 3.44. The summed E-state index contributed by atoms with van der Waals surface area (Å²) in [6.45, 7) is 0. The van der Waals surface area contributed by atoms with E-state index in [9.17, 15) is 0 Å². The van der Waals surface area contributed by atoms with E-state index in [1.165, 1.54) is 11.8 Å². The molecular formula is H5B2NS. The first kappa shape index (κ1) is 4.44. The van der Waals surface area contributed by atoms with Crippen LogP contribution in [-0.2, 0) is 0 Å². The Hall–Kier alpha value is 0.440. The molecule has 0 aliphatic carbocycles. The molecule has 2 N–H and O–H groups in total. The van der Waals surface area contributed by atoms with Crippen molar-refractivity contribution < 1.29 is 0 Å². The summed E-state index contributed by atoms with van der Waals surface area (Å²) < 4.78 is 0. The summed E-state index contributed by atoms with van der Waals surface area (Å²) in [6, 6.07) is 0. The van der Waals surface area contributed by atoms with Crippen LogP contribution in [0.25, 0.3) is 0 Å². The maximum atomic E-state index is 4.94. The highest BCUT2D eigenvalue weighted by Gasteiger charge is 1.62. The van der Waals surface area contributed by atoms with Crippen molar-refractivity contribution in [2.75, 3.05) is 0 Å². The van der Waals surface area contributed by atoms with Gasteiger partial charge in [0.1, 0.15) is 0 Å². The molecule has 0 unspecified atom stereocenters. The Balaban J connectivity index is 1.97. The van der Waals surface area contributed by atoms with E-state index in [2.05, 4.69) is 0 Å². The third kappa shape index (κ3) is 2.44. The predicted octanol–water partition coefficient (Wildman–Crippen LogP) is -1.51. The van der Waals surface area contributed by atoms with Crippen LogP contribution < -0.4 is 5.14 Å². The van der Waals surface area contributed by atoms with Gasteiger partial charge < -0.3 is 0 Å². The van der Waals surface area contributed by atoms with Crippen molar-refractivity contribution in [2.24, 2.45) is 5.14 Å². The Morgan fingerprint density at radius 1 is 2.00 bits per heavy atom. The van der Waals surface area contributed by atoms with Crippen LogP contribution in [0.1, 0.15) is 0 Å². The summed E-state index contributed by atoms with van der Waals surface area (Å²) >= 11 is 1.36. The van der Waals surface area contributed by atoms with Crippen molar-refractivity contribution in [3.63, 3.8) is 0 Å². The van der Waals surface area contributed by atoms with Crippen molar-refractivity contribution in [3.8, 4) is 0 Å². The average molecular weight is 72.7 g/mol. The largest absolute Gasteiger partial charge is 0.288 e. The number of hydrogen-bond donors (Lipinski definition) is 1. The zero-order valence-corrected chi connectivity index (χ0v) is 3.51. The van der Waals surface area contributed by atoms with Gasteiger partial charge in [-0.1, -0.05) is 0 Å². The van der Waals surface area contributed by atoms with Gasteiger partial charge in [0.15, 0.2) is 6.45 Å². The maximum absolute atomic E-state index is 4.94. The highest BCUT2D eigenvalue weighted by atomic mass is 32.2. The molecule has 0 heterocycles. The number of nitrogens with two attached hydrogens (primary N) is 1. The minimum Gasteiger partial charge on any atom is -0.288 e. The van der Waals surface area contributed by atoms with Gasteiger partial charge in [-0.15, -0.1) is 0 Å². The van der Waals surface area contributed by atoms with Crippen LogP contribution in [0, 0.1) is 0 Å². The lowest BCUT2D eigenvalue weighted by molar-refractivity contribution is 2.07. The first-order valence-corrected chi connectivity index (χ1v) is 2.28. The van der Waals surface area contributed by atoms with E-state index in [1.807, 2.05) is 7.74 Å². The monoisotopic (exact) mass is 73.0 g/mol. The molecule has 0 radical (unpaired) electrons. The van der Waals surface area contributed by atoms with E-state index < -0.39 is 0 Å². The molecule has 1 nitrogen and oxygen atoms in total. The molecule has 22 valence electrons. The van der Waals surface area contributed by atoms with Gasteiger partial charge in [0.05, 0.1) is 7.74 Å². The van der Waals surface area contributed by atoms with Crippen LogP contribution in [0.3, 0.4) is 0 Å². The normalized spacial score (nSPS) is 6.25. The fourth-order valence-corrected chi connectivity index (χ4v) is 0. The Labute approximate surface area is 32.0 Å². The fraction of sp³-hybridized carbons (Fsp3) is 0. The number of hydrogen-bond acceptors (Lipinski definition) is 2. The fourth-order valence-electron chi connectivity index (χ4n) is 0. The van der Waals surface area contributed by atoms with Gasteiger partial charge in [-0.05, 0) is 0 Å². The molecule has 0 bridgehead atoms. The molecule has 0 aromatic rings. The molecule has 0 saturated heterocycles. The van der Waals surface area contributed by atoms with Crippen LogP contribution in [0.5, 0.6) is 0 Å². The third-order valence-corrected chi connectivity index (χ3v) is 0.500. The molecule has 0 aliphatic heterocycles. The minimum atomic E-state index is 1.01. The molecule has 0 atom stereocenters. The molecule has 0 fully saturated rings. The highest BCUT2D eigenvalue weighted by Crippen LogP contribution is 1.66. The zero-order valence-electron chi connectivity index (χ0n) is 2.69. The van der Waals surface area contributed by atoms with E-state index >= 15 is 0 Å². The topological polar surface area (TPSA) is 26.0 Å². The summed E-state index contributed by atoms with van der Waals surface area (Å²) in [5, 5.41) is 4.94. The quantitative estimate of drug-likeness (QED) is 0.301. The average Bonchev–Trinajstić information content (AvgIpc) is 1.37. The van der Waals surface area contributed by atoms with Gasteiger partial charge in [0.2, 0.25) is 0 Å². The second-order valence-corrected chi connectivity index (χ2v) is 1.37. The molecule has 0 spiro atoms. The molecule has 0 rings (SSSR count). The summed E-state index contributed by atoms with van der Waals surface area (Å²) in [6.07, 6.45) is 1.01. The Bertz CT molecular complexity index is 8.00. The molecular weight excluding hydrogens is 67.7 g/mol. The molecule has 4 heavy (non-hydrogen) atoms. The smallest absolute Gasteiger partial charge is 0.171 e. The molecule has 0 saturated carbocycles. The van der Waals surface area contributed by atoms with Crippen molar-refractivity contribution in [2.45, 2.75) is 0 Å². The van der Waals surface area contributed by atoms with Gasteiger partial charge in [0, 0.05) is 0 Å². The predicted molar refractivity (Wildman–Crippen MR) is 27.5 cm³/mol. The summed E-state index contributed by atoms with van der Waals surface area (Å²) in [5.41, 5.74) is 0. The van der Waals surface area contributed by atoms with Crippen molar-refractivity contribution in [3.05, 3.63) is 0 Å². The van der Waals surface area contributed by atoms with E-state index in [1.54, 1.807) is 0 Å². The highest BCUT2D eigenvalue weighted by molar-refractivity contribution is 8.24. The van der Waals surface area contributed by atoms with E-state index in [-0.39, 0.29) is 0 Å². The SMILES string of the molecule is BBSN. The lowest BCUT2D eigenvalue weighted by atomic mass is 9.79. The molecule has 0 amide bonds. The molecule has 0 aromatic carbocycles. The zero-order chi connectivity index (χ0) is 3.41. The Kier molecular flexibility index (Phi) is 3.82. The van der Waals surface area contributed by atoms with E-state index in [0.717, 1.165) is 6.45 Å². The first-order valence-electron chi connectivity index (χ1n) is 1.23.